The van der Waals surface area contributed by atoms with E-state index >= 15 is 0 Å². The molecular formula is C23H16N2O4. The summed E-state index contributed by atoms with van der Waals surface area (Å²) in [6.45, 7) is 0.315. The molecule has 142 valence electrons. The molecule has 0 unspecified atom stereocenters. The van der Waals surface area contributed by atoms with E-state index in [9.17, 15) is 14.9 Å². The third-order valence-electron chi connectivity index (χ3n) is 4.09. The SMILES string of the molecule is N#Cc1cccc(COc2cccc(/C=C/C(=O)c3cccc([N+](=O)[O-])c3)c2)c1. The molecule has 3 aromatic rings. The maximum atomic E-state index is 12.3. The van der Waals surface area contributed by atoms with Gasteiger partial charge in [0.15, 0.2) is 5.78 Å². The first-order chi connectivity index (χ1) is 14.0. The van der Waals surface area contributed by atoms with Crippen LogP contribution in [-0.4, -0.2) is 10.7 Å². The highest BCUT2D eigenvalue weighted by molar-refractivity contribution is 6.07. The van der Waals surface area contributed by atoms with Gasteiger partial charge in [-0.15, -0.1) is 0 Å². The summed E-state index contributed by atoms with van der Waals surface area (Å²) in [5, 5.41) is 19.8. The number of non-ortho nitro benzene ring substituents is 1. The summed E-state index contributed by atoms with van der Waals surface area (Å²) >= 11 is 0. The first-order valence-electron chi connectivity index (χ1n) is 8.74. The number of ether oxygens (including phenoxy) is 1. The molecule has 6 nitrogen and oxygen atoms in total. The second-order valence-electron chi connectivity index (χ2n) is 6.18. The van der Waals surface area contributed by atoms with Crippen LogP contribution in [0.25, 0.3) is 6.08 Å². The monoisotopic (exact) mass is 384 g/mol. The van der Waals surface area contributed by atoms with E-state index in [2.05, 4.69) is 6.07 Å². The van der Waals surface area contributed by atoms with E-state index in [0.29, 0.717) is 17.9 Å². The van der Waals surface area contributed by atoms with Crippen LogP contribution < -0.4 is 4.74 Å². The molecule has 0 bridgehead atoms. The number of hydrogen-bond acceptors (Lipinski definition) is 5. The van der Waals surface area contributed by atoms with Crippen molar-refractivity contribution in [3.8, 4) is 11.8 Å². The molecule has 29 heavy (non-hydrogen) atoms. The Morgan fingerprint density at radius 1 is 1.07 bits per heavy atom. The third kappa shape index (κ3) is 5.37. The van der Waals surface area contributed by atoms with Gasteiger partial charge in [-0.3, -0.25) is 14.9 Å². The molecule has 0 aliphatic heterocycles. The maximum absolute atomic E-state index is 12.3. The van der Waals surface area contributed by atoms with Gasteiger partial charge < -0.3 is 4.74 Å². The predicted octanol–water partition coefficient (Wildman–Crippen LogP) is 4.94. The van der Waals surface area contributed by atoms with Crippen molar-refractivity contribution in [2.24, 2.45) is 0 Å². The van der Waals surface area contributed by atoms with E-state index in [-0.39, 0.29) is 17.0 Å². The molecule has 0 heterocycles. The molecule has 6 heteroatoms. The van der Waals surface area contributed by atoms with Crippen molar-refractivity contribution in [1.82, 2.24) is 0 Å². The first kappa shape index (κ1) is 19.5. The predicted molar refractivity (Wildman–Crippen MR) is 108 cm³/mol. The van der Waals surface area contributed by atoms with Gasteiger partial charge in [0.05, 0.1) is 16.6 Å². The molecule has 0 aromatic heterocycles. The summed E-state index contributed by atoms with van der Waals surface area (Å²) in [5.41, 5.74) is 2.33. The minimum absolute atomic E-state index is 0.125. The van der Waals surface area contributed by atoms with E-state index in [1.165, 1.54) is 30.3 Å². The molecule has 0 amide bonds. The van der Waals surface area contributed by atoms with Gasteiger partial charge in [0.2, 0.25) is 0 Å². The van der Waals surface area contributed by atoms with Crippen LogP contribution in [0.5, 0.6) is 5.75 Å². The Bertz CT molecular complexity index is 1130. The van der Waals surface area contributed by atoms with Crippen molar-refractivity contribution in [3.05, 3.63) is 111 Å². The summed E-state index contributed by atoms with van der Waals surface area (Å²) in [6, 6.07) is 22.1. The summed E-state index contributed by atoms with van der Waals surface area (Å²) in [7, 11) is 0. The van der Waals surface area contributed by atoms with Crippen molar-refractivity contribution in [3.63, 3.8) is 0 Å². The highest BCUT2D eigenvalue weighted by atomic mass is 16.6. The van der Waals surface area contributed by atoms with Crippen LogP contribution >= 0.6 is 0 Å². The zero-order chi connectivity index (χ0) is 20.6. The standard InChI is InChI=1S/C23H16N2O4/c24-15-18-5-1-6-19(12-18)16-29-22-9-2-4-17(13-22)10-11-23(26)20-7-3-8-21(14-20)25(27)28/h1-14H,16H2/b11-10+. The Morgan fingerprint density at radius 3 is 2.66 bits per heavy atom. The van der Waals surface area contributed by atoms with E-state index in [1.807, 2.05) is 12.1 Å². The summed E-state index contributed by atoms with van der Waals surface area (Å²) < 4.78 is 5.76. The number of allylic oxidation sites excluding steroid dienone is 1. The minimum atomic E-state index is -0.534. The van der Waals surface area contributed by atoms with E-state index in [4.69, 9.17) is 10.00 Å². The normalized spacial score (nSPS) is 10.4. The fourth-order valence-electron chi connectivity index (χ4n) is 2.65. The highest BCUT2D eigenvalue weighted by Crippen LogP contribution is 2.18. The van der Waals surface area contributed by atoms with Crippen LogP contribution in [0, 0.1) is 21.4 Å². The molecule has 3 rings (SSSR count). The van der Waals surface area contributed by atoms with Crippen LogP contribution in [0.3, 0.4) is 0 Å². The average Bonchev–Trinajstić information content (AvgIpc) is 2.76. The number of carbonyl (C=O) groups excluding carboxylic acids is 1. The Hall–Kier alpha value is -4.24. The largest absolute Gasteiger partial charge is 0.489 e. The van der Waals surface area contributed by atoms with Gasteiger partial charge in [-0.1, -0.05) is 42.5 Å². The lowest BCUT2D eigenvalue weighted by atomic mass is 10.1. The molecule has 0 saturated carbocycles. The van der Waals surface area contributed by atoms with Crippen molar-refractivity contribution >= 4 is 17.5 Å². The van der Waals surface area contributed by atoms with Crippen LogP contribution in [-0.2, 0) is 6.61 Å². The summed E-state index contributed by atoms with van der Waals surface area (Å²) in [4.78, 5) is 22.6. The Kier molecular flexibility index (Phi) is 6.13. The Balaban J connectivity index is 1.67. The number of nitrogens with zero attached hydrogens (tertiary/aromatic N) is 2. The van der Waals surface area contributed by atoms with Crippen LogP contribution in [0.2, 0.25) is 0 Å². The Morgan fingerprint density at radius 2 is 1.86 bits per heavy atom. The van der Waals surface area contributed by atoms with Crippen LogP contribution in [0.4, 0.5) is 5.69 Å². The molecule has 0 saturated heterocycles. The van der Waals surface area contributed by atoms with E-state index in [0.717, 1.165) is 11.1 Å². The average molecular weight is 384 g/mol. The third-order valence-corrected chi connectivity index (χ3v) is 4.09. The molecular weight excluding hydrogens is 368 g/mol. The smallest absolute Gasteiger partial charge is 0.270 e. The molecule has 0 aliphatic rings. The first-order valence-corrected chi connectivity index (χ1v) is 8.74. The van der Waals surface area contributed by atoms with Crippen molar-refractivity contribution in [2.75, 3.05) is 0 Å². The molecule has 0 aliphatic carbocycles. The molecule has 0 fully saturated rings. The zero-order valence-electron chi connectivity index (χ0n) is 15.3. The van der Waals surface area contributed by atoms with Gasteiger partial charge in [0, 0.05) is 17.7 Å². The number of benzene rings is 3. The lowest BCUT2D eigenvalue weighted by Gasteiger charge is -2.07. The van der Waals surface area contributed by atoms with Crippen LogP contribution in [0.1, 0.15) is 27.0 Å². The summed E-state index contributed by atoms with van der Waals surface area (Å²) in [6.07, 6.45) is 3.00. The van der Waals surface area contributed by atoms with Crippen molar-refractivity contribution in [1.29, 1.82) is 5.26 Å². The molecule has 0 spiro atoms. The summed E-state index contributed by atoms with van der Waals surface area (Å²) in [5.74, 6) is 0.297. The molecule has 0 radical (unpaired) electrons. The molecule has 0 N–H and O–H groups in total. The topological polar surface area (TPSA) is 93.2 Å². The number of ketones is 1. The lowest BCUT2D eigenvalue weighted by Crippen LogP contribution is -1.97. The highest BCUT2D eigenvalue weighted by Gasteiger charge is 2.09. The maximum Gasteiger partial charge on any atom is 0.270 e. The fraction of sp³-hybridized carbons (Fsp3) is 0.0435. The van der Waals surface area contributed by atoms with E-state index in [1.54, 1.807) is 42.5 Å². The molecule has 3 aromatic carbocycles. The van der Waals surface area contributed by atoms with Gasteiger partial charge in [-0.2, -0.15) is 5.26 Å². The number of nitro groups is 1. The van der Waals surface area contributed by atoms with Crippen molar-refractivity contribution in [2.45, 2.75) is 6.61 Å². The number of carbonyl (C=O) groups is 1. The van der Waals surface area contributed by atoms with Gasteiger partial charge >= 0.3 is 0 Å². The number of nitriles is 1. The van der Waals surface area contributed by atoms with Crippen molar-refractivity contribution < 1.29 is 14.5 Å². The van der Waals surface area contributed by atoms with E-state index < -0.39 is 4.92 Å². The van der Waals surface area contributed by atoms with Crippen LogP contribution in [0.15, 0.2) is 78.9 Å². The second-order valence-corrected chi connectivity index (χ2v) is 6.18. The Labute approximate surface area is 167 Å². The minimum Gasteiger partial charge on any atom is -0.489 e. The fourth-order valence-corrected chi connectivity index (χ4v) is 2.65. The lowest BCUT2D eigenvalue weighted by molar-refractivity contribution is -0.384. The van der Waals surface area contributed by atoms with Gasteiger partial charge in [0.1, 0.15) is 12.4 Å². The second kappa shape index (κ2) is 9.11. The zero-order valence-corrected chi connectivity index (χ0v) is 15.3. The van der Waals surface area contributed by atoms with Gasteiger partial charge in [-0.05, 0) is 41.5 Å². The van der Waals surface area contributed by atoms with Gasteiger partial charge in [-0.25, -0.2) is 0 Å². The quantitative estimate of drug-likeness (QED) is 0.249. The number of hydrogen-bond donors (Lipinski definition) is 0. The number of rotatable bonds is 7. The number of nitro benzene ring substituents is 1. The molecule has 0 atom stereocenters. The van der Waals surface area contributed by atoms with Gasteiger partial charge in [0.25, 0.3) is 5.69 Å².